The van der Waals surface area contributed by atoms with Crippen LogP contribution in [0.3, 0.4) is 0 Å². The molecule has 0 spiro atoms. The van der Waals surface area contributed by atoms with Crippen molar-refractivity contribution in [2.45, 2.75) is 33.1 Å². The summed E-state index contributed by atoms with van der Waals surface area (Å²) in [5.41, 5.74) is 6.46. The van der Waals surface area contributed by atoms with Crippen molar-refractivity contribution in [3.05, 3.63) is 111 Å². The first kappa shape index (κ1) is 23.4. The van der Waals surface area contributed by atoms with Crippen LogP contribution in [0.2, 0.25) is 5.02 Å². The summed E-state index contributed by atoms with van der Waals surface area (Å²) in [6, 6.07) is 26.9. The van der Waals surface area contributed by atoms with Crippen LogP contribution in [0.5, 0.6) is 0 Å². The van der Waals surface area contributed by atoms with E-state index in [9.17, 15) is 4.79 Å². The highest BCUT2D eigenvalue weighted by atomic mass is 35.5. The van der Waals surface area contributed by atoms with Gasteiger partial charge in [0.25, 0.3) is 5.56 Å². The molecule has 0 unspecified atom stereocenters. The molecule has 3 aromatic carbocycles. The van der Waals surface area contributed by atoms with Gasteiger partial charge in [-0.1, -0.05) is 66.2 Å². The van der Waals surface area contributed by atoms with Gasteiger partial charge in [-0.2, -0.15) is 0 Å². The highest BCUT2D eigenvalue weighted by Gasteiger charge is 2.22. The summed E-state index contributed by atoms with van der Waals surface area (Å²) in [7, 11) is 0. The van der Waals surface area contributed by atoms with E-state index in [1.165, 1.54) is 16.7 Å². The molecule has 0 amide bonds. The first-order valence-corrected chi connectivity index (χ1v) is 12.6. The zero-order valence-corrected chi connectivity index (χ0v) is 21.0. The molecular formula is C30H30ClN3O. The SMILES string of the molecule is Cc1cc(=O)n(-c2ccc(N3CCC(Cc4ccccc4-c4ccccc4)CC3)c(Cl)c2)c(C)n1. The van der Waals surface area contributed by atoms with Crippen molar-refractivity contribution in [2.75, 3.05) is 18.0 Å². The largest absolute Gasteiger partial charge is 0.370 e. The van der Waals surface area contributed by atoms with Crippen molar-refractivity contribution in [1.29, 1.82) is 0 Å². The van der Waals surface area contributed by atoms with E-state index in [1.54, 1.807) is 10.6 Å². The van der Waals surface area contributed by atoms with Gasteiger partial charge >= 0.3 is 0 Å². The van der Waals surface area contributed by atoms with Gasteiger partial charge < -0.3 is 4.90 Å². The predicted octanol–water partition coefficient (Wildman–Crippen LogP) is 6.63. The van der Waals surface area contributed by atoms with Crippen LogP contribution in [0, 0.1) is 19.8 Å². The minimum absolute atomic E-state index is 0.0876. The van der Waals surface area contributed by atoms with Crippen LogP contribution in [0.25, 0.3) is 16.8 Å². The van der Waals surface area contributed by atoms with E-state index in [4.69, 9.17) is 11.6 Å². The van der Waals surface area contributed by atoms with Crippen molar-refractivity contribution < 1.29 is 0 Å². The van der Waals surface area contributed by atoms with Crippen molar-refractivity contribution in [2.24, 2.45) is 5.92 Å². The third-order valence-corrected chi connectivity index (χ3v) is 7.27. The quantitative estimate of drug-likeness (QED) is 0.320. The zero-order valence-electron chi connectivity index (χ0n) is 20.2. The molecule has 0 atom stereocenters. The molecule has 178 valence electrons. The van der Waals surface area contributed by atoms with Crippen LogP contribution in [0.4, 0.5) is 5.69 Å². The summed E-state index contributed by atoms with van der Waals surface area (Å²) >= 11 is 6.73. The fraction of sp³-hybridized carbons (Fsp3) is 0.267. The van der Waals surface area contributed by atoms with E-state index in [-0.39, 0.29) is 5.56 Å². The van der Waals surface area contributed by atoms with E-state index < -0.39 is 0 Å². The van der Waals surface area contributed by atoms with E-state index in [0.717, 1.165) is 49.4 Å². The number of piperidine rings is 1. The number of hydrogen-bond donors (Lipinski definition) is 0. The van der Waals surface area contributed by atoms with Crippen molar-refractivity contribution >= 4 is 17.3 Å². The maximum atomic E-state index is 12.5. The average Bonchev–Trinajstić information content (AvgIpc) is 2.85. The molecule has 1 aromatic heterocycles. The number of halogens is 1. The summed E-state index contributed by atoms with van der Waals surface area (Å²) in [6.45, 7) is 5.63. The Morgan fingerprint density at radius 2 is 1.63 bits per heavy atom. The van der Waals surface area contributed by atoms with Crippen LogP contribution in [0.1, 0.15) is 29.9 Å². The Morgan fingerprint density at radius 1 is 0.914 bits per heavy atom. The Morgan fingerprint density at radius 3 is 2.34 bits per heavy atom. The smallest absolute Gasteiger partial charge is 0.258 e. The lowest BCUT2D eigenvalue weighted by Crippen LogP contribution is -2.34. The summed E-state index contributed by atoms with van der Waals surface area (Å²) in [5, 5.41) is 0.669. The second-order valence-electron chi connectivity index (χ2n) is 9.41. The molecule has 5 heteroatoms. The molecule has 5 rings (SSSR count). The molecular weight excluding hydrogens is 454 g/mol. The summed E-state index contributed by atoms with van der Waals surface area (Å²) in [4.78, 5) is 19.3. The molecule has 0 bridgehead atoms. The number of rotatable bonds is 5. The van der Waals surface area contributed by atoms with Crippen LogP contribution in [0.15, 0.2) is 83.7 Å². The molecule has 0 saturated carbocycles. The Bertz CT molecular complexity index is 1390. The lowest BCUT2D eigenvalue weighted by molar-refractivity contribution is 0.404. The van der Waals surface area contributed by atoms with Gasteiger partial charge in [-0.3, -0.25) is 9.36 Å². The Balaban J connectivity index is 1.28. The number of aryl methyl sites for hydroxylation is 2. The molecule has 4 nitrogen and oxygen atoms in total. The molecule has 1 aliphatic heterocycles. The number of anilines is 1. The van der Waals surface area contributed by atoms with Crippen molar-refractivity contribution in [1.82, 2.24) is 9.55 Å². The fourth-order valence-electron chi connectivity index (χ4n) is 5.23. The first-order chi connectivity index (χ1) is 17.0. The Hall–Kier alpha value is -3.37. The number of aromatic nitrogens is 2. The minimum Gasteiger partial charge on any atom is -0.370 e. The monoisotopic (exact) mass is 483 g/mol. The van der Waals surface area contributed by atoms with Gasteiger partial charge in [0.2, 0.25) is 0 Å². The maximum Gasteiger partial charge on any atom is 0.258 e. The molecule has 1 aliphatic rings. The zero-order chi connectivity index (χ0) is 24.4. The molecule has 1 fully saturated rings. The lowest BCUT2D eigenvalue weighted by atomic mass is 9.87. The predicted molar refractivity (Wildman–Crippen MR) is 145 cm³/mol. The summed E-state index contributed by atoms with van der Waals surface area (Å²) < 4.78 is 1.61. The highest BCUT2D eigenvalue weighted by molar-refractivity contribution is 6.33. The van der Waals surface area contributed by atoms with Gasteiger partial charge in [0, 0.05) is 24.8 Å². The Kier molecular flexibility index (Phi) is 6.74. The minimum atomic E-state index is -0.0876. The molecule has 4 aromatic rings. The molecule has 2 heterocycles. The second kappa shape index (κ2) is 10.1. The van der Waals surface area contributed by atoms with Crippen LogP contribution < -0.4 is 10.5 Å². The molecule has 35 heavy (non-hydrogen) atoms. The topological polar surface area (TPSA) is 38.1 Å². The van der Waals surface area contributed by atoms with Gasteiger partial charge in [-0.05, 0) is 73.9 Å². The van der Waals surface area contributed by atoms with E-state index in [2.05, 4.69) is 64.5 Å². The van der Waals surface area contributed by atoms with Gasteiger partial charge in [0.1, 0.15) is 5.82 Å². The number of nitrogens with zero attached hydrogens (tertiary/aromatic N) is 3. The van der Waals surface area contributed by atoms with E-state index in [1.807, 2.05) is 32.0 Å². The normalized spacial score (nSPS) is 14.3. The van der Waals surface area contributed by atoms with Crippen LogP contribution in [-0.4, -0.2) is 22.6 Å². The van der Waals surface area contributed by atoms with Gasteiger partial charge in [-0.25, -0.2) is 4.98 Å². The molecule has 1 saturated heterocycles. The number of benzene rings is 3. The first-order valence-electron chi connectivity index (χ1n) is 12.2. The lowest BCUT2D eigenvalue weighted by Gasteiger charge is -2.34. The average molecular weight is 484 g/mol. The van der Waals surface area contributed by atoms with Crippen molar-refractivity contribution in [3.8, 4) is 16.8 Å². The molecule has 0 N–H and O–H groups in total. The van der Waals surface area contributed by atoms with Crippen molar-refractivity contribution in [3.63, 3.8) is 0 Å². The van der Waals surface area contributed by atoms with Gasteiger partial charge in [0.15, 0.2) is 0 Å². The van der Waals surface area contributed by atoms with Gasteiger partial charge in [0.05, 0.1) is 16.4 Å². The Labute approximate surface area is 211 Å². The standard InChI is InChI=1S/C30H30ClN3O/c1-21-18-30(35)34(22(2)32-21)26-12-13-29(28(31)20-26)33-16-14-23(15-17-33)19-25-10-6-7-11-27(25)24-8-4-3-5-9-24/h3-13,18,20,23H,14-17,19H2,1-2H3. The van der Waals surface area contributed by atoms with Crippen LogP contribution >= 0.6 is 11.6 Å². The molecule has 0 aliphatic carbocycles. The third kappa shape index (κ3) is 5.03. The van der Waals surface area contributed by atoms with E-state index in [0.29, 0.717) is 16.8 Å². The maximum absolute atomic E-state index is 12.5. The van der Waals surface area contributed by atoms with Crippen LogP contribution in [-0.2, 0) is 6.42 Å². The van der Waals surface area contributed by atoms with E-state index >= 15 is 0 Å². The third-order valence-electron chi connectivity index (χ3n) is 6.97. The summed E-state index contributed by atoms with van der Waals surface area (Å²) in [6.07, 6.45) is 3.34. The second-order valence-corrected chi connectivity index (χ2v) is 9.82. The summed E-state index contributed by atoms with van der Waals surface area (Å²) in [5.74, 6) is 1.31. The molecule has 0 radical (unpaired) electrons. The van der Waals surface area contributed by atoms with Gasteiger partial charge in [-0.15, -0.1) is 0 Å². The fourth-order valence-corrected chi connectivity index (χ4v) is 5.53. The number of hydrogen-bond acceptors (Lipinski definition) is 3. The highest BCUT2D eigenvalue weighted by Crippen LogP contribution is 2.33.